The molecule has 6 nitrogen and oxygen atoms in total. The molecule has 0 saturated carbocycles. The van der Waals surface area contributed by atoms with Gasteiger partial charge >= 0.3 is 11.9 Å². The molecule has 0 aliphatic rings. The Morgan fingerprint density at radius 1 is 1.24 bits per heavy atom. The summed E-state index contributed by atoms with van der Waals surface area (Å²) < 4.78 is 32.6. The second-order valence-electron chi connectivity index (χ2n) is 3.34. The van der Waals surface area contributed by atoms with Crippen molar-refractivity contribution in [3.8, 4) is 0 Å². The van der Waals surface area contributed by atoms with Crippen LogP contribution in [0.1, 0.15) is 26.7 Å². The first kappa shape index (κ1) is 15.9. The first-order chi connectivity index (χ1) is 7.88. The number of carbonyl (C=O) groups is 2. The Bertz CT molecular complexity index is 359. The van der Waals surface area contributed by atoms with Crippen molar-refractivity contribution in [1.29, 1.82) is 0 Å². The summed E-state index contributed by atoms with van der Waals surface area (Å²) in [5.74, 6) is -1.79. The minimum Gasteiger partial charge on any atom is -0.469 e. The number of methoxy groups -OCH3 is 1. The molecule has 17 heavy (non-hydrogen) atoms. The summed E-state index contributed by atoms with van der Waals surface area (Å²) >= 11 is 0. The number of ether oxygens (including phenoxy) is 2. The highest BCUT2D eigenvalue weighted by molar-refractivity contribution is 7.92. The quantitative estimate of drug-likeness (QED) is 0.616. The molecule has 100 valence electrons. The van der Waals surface area contributed by atoms with Gasteiger partial charge in [-0.3, -0.25) is 9.59 Å². The van der Waals surface area contributed by atoms with Crippen molar-refractivity contribution in [1.82, 2.24) is 0 Å². The van der Waals surface area contributed by atoms with Crippen LogP contribution in [0.15, 0.2) is 0 Å². The van der Waals surface area contributed by atoms with Gasteiger partial charge in [-0.05, 0) is 13.3 Å². The van der Waals surface area contributed by atoms with Crippen molar-refractivity contribution in [3.05, 3.63) is 0 Å². The molecule has 1 atom stereocenters. The topological polar surface area (TPSA) is 86.7 Å². The maximum absolute atomic E-state index is 11.8. The lowest BCUT2D eigenvalue weighted by molar-refractivity contribution is -0.143. The fraction of sp³-hybridized carbons (Fsp3) is 0.800. The largest absolute Gasteiger partial charge is 0.469 e. The molecule has 7 heteroatoms. The van der Waals surface area contributed by atoms with Gasteiger partial charge in [-0.2, -0.15) is 0 Å². The molecule has 0 aromatic heterocycles. The summed E-state index contributed by atoms with van der Waals surface area (Å²) in [5.41, 5.74) is 0. The van der Waals surface area contributed by atoms with Crippen molar-refractivity contribution >= 4 is 21.8 Å². The van der Waals surface area contributed by atoms with E-state index in [1.165, 1.54) is 7.11 Å². The van der Waals surface area contributed by atoms with E-state index < -0.39 is 32.8 Å². The maximum atomic E-state index is 11.8. The Morgan fingerprint density at radius 3 is 2.24 bits per heavy atom. The minimum absolute atomic E-state index is 0.127. The lowest BCUT2D eigenvalue weighted by Crippen LogP contribution is -2.34. The maximum Gasteiger partial charge on any atom is 0.324 e. The van der Waals surface area contributed by atoms with Crippen molar-refractivity contribution in [3.63, 3.8) is 0 Å². The summed E-state index contributed by atoms with van der Waals surface area (Å²) in [4.78, 5) is 22.3. The number of sulfone groups is 1. The molecule has 0 aromatic carbocycles. The van der Waals surface area contributed by atoms with E-state index in [2.05, 4.69) is 9.47 Å². The second kappa shape index (κ2) is 7.26. The van der Waals surface area contributed by atoms with Gasteiger partial charge in [0, 0.05) is 0 Å². The van der Waals surface area contributed by atoms with Gasteiger partial charge in [0.15, 0.2) is 15.1 Å². The summed E-state index contributed by atoms with van der Waals surface area (Å²) in [6.07, 6.45) is -0.128. The molecule has 0 heterocycles. The zero-order valence-corrected chi connectivity index (χ0v) is 11.1. The second-order valence-corrected chi connectivity index (χ2v) is 5.65. The third-order valence-corrected chi connectivity index (χ3v) is 4.34. The van der Waals surface area contributed by atoms with Crippen LogP contribution in [0.5, 0.6) is 0 Å². The molecular weight excluding hydrogens is 248 g/mol. The smallest absolute Gasteiger partial charge is 0.324 e. The molecule has 0 N–H and O–H groups in total. The Kier molecular flexibility index (Phi) is 6.79. The third kappa shape index (κ3) is 5.16. The van der Waals surface area contributed by atoms with E-state index in [-0.39, 0.29) is 19.4 Å². The van der Waals surface area contributed by atoms with E-state index in [0.717, 1.165) is 0 Å². The highest BCUT2D eigenvalue weighted by Gasteiger charge is 2.32. The van der Waals surface area contributed by atoms with Crippen LogP contribution >= 0.6 is 0 Å². The normalized spacial score (nSPS) is 12.9. The molecule has 0 saturated heterocycles. The van der Waals surface area contributed by atoms with Crippen molar-refractivity contribution < 1.29 is 27.5 Å². The van der Waals surface area contributed by atoms with E-state index in [0.29, 0.717) is 0 Å². The molecule has 0 aliphatic heterocycles. The predicted octanol–water partition coefficient (Wildman–Crippen LogP) is 0.306. The van der Waals surface area contributed by atoms with Crippen LogP contribution in [0.3, 0.4) is 0 Å². The molecular formula is C10H18O6S. The van der Waals surface area contributed by atoms with Gasteiger partial charge in [0.2, 0.25) is 0 Å². The molecule has 0 rings (SSSR count). The van der Waals surface area contributed by atoms with Gasteiger partial charge in [-0.25, -0.2) is 8.42 Å². The zero-order chi connectivity index (χ0) is 13.5. The summed E-state index contributed by atoms with van der Waals surface area (Å²) in [5, 5.41) is -1.20. The van der Waals surface area contributed by atoms with Crippen LogP contribution in [0.4, 0.5) is 0 Å². The van der Waals surface area contributed by atoms with Gasteiger partial charge in [0.1, 0.15) is 0 Å². The van der Waals surface area contributed by atoms with E-state index in [4.69, 9.17) is 0 Å². The molecule has 0 amide bonds. The Hall–Kier alpha value is -1.11. The predicted molar refractivity (Wildman–Crippen MR) is 61.1 cm³/mol. The van der Waals surface area contributed by atoms with Crippen LogP contribution in [-0.4, -0.2) is 45.1 Å². The van der Waals surface area contributed by atoms with Crippen molar-refractivity contribution in [2.75, 3.05) is 19.5 Å². The Morgan fingerprint density at radius 2 is 1.82 bits per heavy atom. The highest BCUT2D eigenvalue weighted by atomic mass is 32.2. The van der Waals surface area contributed by atoms with E-state index in [1.807, 2.05) is 0 Å². The first-order valence-corrected chi connectivity index (χ1v) is 7.05. The van der Waals surface area contributed by atoms with E-state index in [9.17, 15) is 18.0 Å². The average Bonchev–Trinajstić information content (AvgIpc) is 2.27. The Balaban J connectivity index is 4.64. The fourth-order valence-electron chi connectivity index (χ4n) is 1.27. The highest BCUT2D eigenvalue weighted by Crippen LogP contribution is 2.11. The van der Waals surface area contributed by atoms with Gasteiger partial charge in [0.05, 0.1) is 25.9 Å². The number of hydrogen-bond donors (Lipinski definition) is 0. The van der Waals surface area contributed by atoms with Gasteiger partial charge in [-0.1, -0.05) is 6.92 Å². The number of esters is 2. The van der Waals surface area contributed by atoms with Gasteiger partial charge < -0.3 is 9.47 Å². The average molecular weight is 266 g/mol. The molecule has 0 fully saturated rings. The van der Waals surface area contributed by atoms with Crippen molar-refractivity contribution in [2.24, 2.45) is 0 Å². The zero-order valence-electron chi connectivity index (χ0n) is 10.3. The molecule has 0 aromatic rings. The van der Waals surface area contributed by atoms with E-state index in [1.54, 1.807) is 13.8 Å². The summed E-state index contributed by atoms with van der Waals surface area (Å²) in [6, 6.07) is 0. The standard InChI is InChI=1S/C10H18O6S/c1-4-8(10(12)16-5-2)17(13,14)7-6-9(11)15-3/h8H,4-7H2,1-3H3. The van der Waals surface area contributed by atoms with Gasteiger partial charge in [0.25, 0.3) is 0 Å². The van der Waals surface area contributed by atoms with Crippen LogP contribution in [0, 0.1) is 0 Å². The van der Waals surface area contributed by atoms with Crippen LogP contribution in [-0.2, 0) is 28.9 Å². The molecule has 0 bridgehead atoms. The molecule has 0 aliphatic carbocycles. The Labute approximate surface area is 101 Å². The fourth-order valence-corrected chi connectivity index (χ4v) is 2.88. The van der Waals surface area contributed by atoms with Gasteiger partial charge in [-0.15, -0.1) is 0 Å². The third-order valence-electron chi connectivity index (χ3n) is 2.17. The first-order valence-electron chi connectivity index (χ1n) is 5.34. The number of hydrogen-bond acceptors (Lipinski definition) is 6. The summed E-state index contributed by atoms with van der Waals surface area (Å²) in [6.45, 7) is 3.31. The lowest BCUT2D eigenvalue weighted by atomic mass is 10.3. The molecule has 0 radical (unpaired) electrons. The van der Waals surface area contributed by atoms with Crippen LogP contribution < -0.4 is 0 Å². The SMILES string of the molecule is CCOC(=O)C(CC)S(=O)(=O)CCC(=O)OC. The van der Waals surface area contributed by atoms with Crippen LogP contribution in [0.2, 0.25) is 0 Å². The molecule has 1 unspecified atom stereocenters. The monoisotopic (exact) mass is 266 g/mol. The van der Waals surface area contributed by atoms with Crippen LogP contribution in [0.25, 0.3) is 0 Å². The number of carbonyl (C=O) groups excluding carboxylic acids is 2. The summed E-state index contributed by atoms with van der Waals surface area (Å²) in [7, 11) is -2.50. The molecule has 0 spiro atoms. The van der Waals surface area contributed by atoms with Crippen molar-refractivity contribution in [2.45, 2.75) is 31.9 Å². The number of rotatable bonds is 7. The van der Waals surface area contributed by atoms with E-state index >= 15 is 0 Å². The lowest BCUT2D eigenvalue weighted by Gasteiger charge is -2.13. The minimum atomic E-state index is -3.67.